The molecule has 2 nitrogen and oxygen atoms in total. The first-order valence-corrected chi connectivity index (χ1v) is 5.85. The van der Waals surface area contributed by atoms with Crippen molar-refractivity contribution in [1.29, 1.82) is 0 Å². The van der Waals surface area contributed by atoms with Gasteiger partial charge in [0.1, 0.15) is 0 Å². The molecule has 0 N–H and O–H groups in total. The Morgan fingerprint density at radius 1 is 1.00 bits per heavy atom. The van der Waals surface area contributed by atoms with Crippen molar-refractivity contribution in [3.8, 4) is 0 Å². The van der Waals surface area contributed by atoms with Crippen LogP contribution in [-0.4, -0.2) is 14.2 Å². The fourth-order valence-electron chi connectivity index (χ4n) is 1.47. The van der Waals surface area contributed by atoms with E-state index in [9.17, 15) is 11.7 Å². The Kier molecular flexibility index (Phi) is 4.64. The van der Waals surface area contributed by atoms with Crippen LogP contribution in [0, 0.1) is 0 Å². The number of methoxy groups -OCH3 is 2. The summed E-state index contributed by atoms with van der Waals surface area (Å²) in [7, 11) is 2.75. The number of rotatable bonds is 5. The summed E-state index contributed by atoms with van der Waals surface area (Å²) in [6.07, 6.45) is 0. The minimum atomic E-state index is -5.27. The molecule has 0 aliphatic heterocycles. The van der Waals surface area contributed by atoms with E-state index in [1.54, 1.807) is 6.07 Å². The van der Waals surface area contributed by atoms with E-state index in [1.165, 1.54) is 26.4 Å². The Hall–Kier alpha value is -0.720. The molecule has 0 heterocycles. The monoisotopic (exact) mass is 254 g/mol. The molecule has 0 aromatic heterocycles. The minimum absolute atomic E-state index is 0.0423. The minimum Gasteiger partial charge on any atom is -0.380 e. The van der Waals surface area contributed by atoms with Crippen molar-refractivity contribution in [2.45, 2.75) is 18.1 Å². The van der Waals surface area contributed by atoms with Crippen molar-refractivity contribution in [2.75, 3.05) is 14.2 Å². The van der Waals surface area contributed by atoms with Gasteiger partial charge in [0.25, 0.3) is 0 Å². The van der Waals surface area contributed by atoms with E-state index >= 15 is 0 Å². The summed E-state index contributed by atoms with van der Waals surface area (Å²) >= 11 is -5.27. The van der Waals surface area contributed by atoms with Gasteiger partial charge in [0.2, 0.25) is 11.2 Å². The fraction of sp³-hybridized carbons (Fsp3) is 0.400. The van der Waals surface area contributed by atoms with E-state index in [2.05, 4.69) is 0 Å². The van der Waals surface area contributed by atoms with Crippen molar-refractivity contribution < 1.29 is 21.1 Å². The molecule has 0 spiro atoms. The zero-order valence-electron chi connectivity index (χ0n) is 9.00. The Bertz CT molecular complexity index is 328. The third-order valence-electron chi connectivity index (χ3n) is 2.01. The van der Waals surface area contributed by atoms with Crippen LogP contribution in [0.2, 0.25) is 0 Å². The summed E-state index contributed by atoms with van der Waals surface area (Å²) in [5.74, 6) is 0. The second kappa shape index (κ2) is 5.56. The number of hydrogen-bond donors (Lipinski definition) is 0. The quantitative estimate of drug-likeness (QED) is 0.795. The van der Waals surface area contributed by atoms with E-state index in [0.717, 1.165) is 0 Å². The first-order chi connectivity index (χ1) is 7.50. The van der Waals surface area contributed by atoms with Crippen molar-refractivity contribution >= 4 is 11.2 Å². The molecule has 92 valence electrons. The van der Waals surface area contributed by atoms with E-state index in [0.29, 0.717) is 0 Å². The molecule has 0 amide bonds. The lowest BCUT2D eigenvalue weighted by Crippen LogP contribution is -2.00. The van der Waals surface area contributed by atoms with E-state index in [4.69, 9.17) is 9.47 Å². The molecule has 1 aromatic carbocycles. The molecule has 1 aromatic rings. The standard InChI is InChI=1S/C10H13F3O2S/c1-14-6-8-4-3-5-9(7-15-2)10(8)16(11,12)13/h3-5H,6-7H2,1-2H3. The number of hydrogen-bond acceptors (Lipinski definition) is 2. The summed E-state index contributed by atoms with van der Waals surface area (Å²) in [5, 5.41) is 0. The van der Waals surface area contributed by atoms with Crippen LogP contribution in [0.4, 0.5) is 11.7 Å². The van der Waals surface area contributed by atoms with Crippen molar-refractivity contribution in [3.63, 3.8) is 0 Å². The molecule has 1 rings (SSSR count). The van der Waals surface area contributed by atoms with Crippen LogP contribution < -0.4 is 0 Å². The smallest absolute Gasteiger partial charge is 0.238 e. The first kappa shape index (κ1) is 13.3. The van der Waals surface area contributed by atoms with Crippen LogP contribution in [0.3, 0.4) is 0 Å². The lowest BCUT2D eigenvalue weighted by Gasteiger charge is -2.18. The summed E-state index contributed by atoms with van der Waals surface area (Å²) in [6, 6.07) is 4.44. The van der Waals surface area contributed by atoms with Gasteiger partial charge in [0, 0.05) is 14.2 Å². The summed E-state index contributed by atoms with van der Waals surface area (Å²) in [4.78, 5) is -0.571. The normalized spacial score (nSPS) is 12.8. The van der Waals surface area contributed by atoms with Gasteiger partial charge in [-0.3, -0.25) is 0 Å². The van der Waals surface area contributed by atoms with E-state index in [1.807, 2.05) is 0 Å². The molecule has 0 bridgehead atoms. The highest BCUT2D eigenvalue weighted by molar-refractivity contribution is 8.21. The number of ether oxygens (including phenoxy) is 2. The summed E-state index contributed by atoms with van der Waals surface area (Å²) in [6.45, 7) is -0.0845. The Balaban J connectivity index is 3.23. The second-order valence-electron chi connectivity index (χ2n) is 3.18. The average Bonchev–Trinajstić information content (AvgIpc) is 2.17. The zero-order chi connectivity index (χ0) is 12.2. The third kappa shape index (κ3) is 3.13. The van der Waals surface area contributed by atoms with Crippen LogP contribution in [0.1, 0.15) is 11.1 Å². The highest BCUT2D eigenvalue weighted by Crippen LogP contribution is 2.63. The Morgan fingerprint density at radius 3 is 1.75 bits per heavy atom. The Labute approximate surface area is 94.6 Å². The largest absolute Gasteiger partial charge is 0.380 e. The van der Waals surface area contributed by atoms with E-state index < -0.39 is 16.1 Å². The molecule has 0 atom stereocenters. The van der Waals surface area contributed by atoms with Crippen LogP contribution >= 0.6 is 11.2 Å². The molecular formula is C10H13F3O2S. The molecule has 0 saturated heterocycles. The van der Waals surface area contributed by atoms with Crippen molar-refractivity contribution in [2.24, 2.45) is 0 Å². The van der Waals surface area contributed by atoms with Gasteiger partial charge in [-0.1, -0.05) is 18.2 Å². The van der Waals surface area contributed by atoms with Crippen molar-refractivity contribution in [3.05, 3.63) is 29.3 Å². The predicted molar refractivity (Wildman–Crippen MR) is 57.0 cm³/mol. The molecule has 6 heteroatoms. The highest BCUT2D eigenvalue weighted by Gasteiger charge is 2.30. The van der Waals surface area contributed by atoms with Crippen molar-refractivity contribution in [1.82, 2.24) is 0 Å². The Morgan fingerprint density at radius 2 is 1.44 bits per heavy atom. The summed E-state index contributed by atoms with van der Waals surface area (Å²) < 4.78 is 48.3. The second-order valence-corrected chi connectivity index (χ2v) is 4.40. The SMILES string of the molecule is COCc1cccc(COC)c1S(F)(F)F. The first-order valence-electron chi connectivity index (χ1n) is 4.51. The van der Waals surface area contributed by atoms with Crippen LogP contribution in [0.15, 0.2) is 23.1 Å². The zero-order valence-corrected chi connectivity index (χ0v) is 9.82. The lowest BCUT2D eigenvalue weighted by molar-refractivity contribution is 0.175. The number of halogens is 3. The molecule has 0 saturated carbocycles. The third-order valence-corrected chi connectivity index (χ3v) is 3.00. The fourth-order valence-corrected chi connectivity index (χ4v) is 2.32. The van der Waals surface area contributed by atoms with Gasteiger partial charge in [-0.15, -0.1) is 11.7 Å². The molecule has 16 heavy (non-hydrogen) atoms. The van der Waals surface area contributed by atoms with Gasteiger partial charge >= 0.3 is 0 Å². The number of benzene rings is 1. The van der Waals surface area contributed by atoms with Gasteiger partial charge in [-0.25, -0.2) is 0 Å². The highest BCUT2D eigenvalue weighted by atomic mass is 32.3. The van der Waals surface area contributed by atoms with Crippen LogP contribution in [0.5, 0.6) is 0 Å². The summed E-state index contributed by atoms with van der Waals surface area (Å²) in [5.41, 5.74) is 0.333. The molecule has 0 unspecified atom stereocenters. The maximum atomic E-state index is 12.9. The topological polar surface area (TPSA) is 18.5 Å². The molecule has 0 radical (unpaired) electrons. The van der Waals surface area contributed by atoms with E-state index in [-0.39, 0.29) is 24.3 Å². The molecule has 0 aliphatic rings. The molecule has 0 aliphatic carbocycles. The van der Waals surface area contributed by atoms with Gasteiger partial charge in [-0.2, -0.15) is 0 Å². The van der Waals surface area contributed by atoms with Crippen LogP contribution in [0.25, 0.3) is 0 Å². The molecule has 0 fully saturated rings. The van der Waals surface area contributed by atoms with Crippen LogP contribution in [-0.2, 0) is 22.7 Å². The molecular weight excluding hydrogens is 241 g/mol. The average molecular weight is 254 g/mol. The van der Waals surface area contributed by atoms with Gasteiger partial charge < -0.3 is 9.47 Å². The van der Waals surface area contributed by atoms with Gasteiger partial charge in [-0.05, 0) is 11.1 Å². The lowest BCUT2D eigenvalue weighted by atomic mass is 10.1. The maximum Gasteiger partial charge on any atom is 0.238 e. The predicted octanol–water partition coefficient (Wildman–Crippen LogP) is 3.80. The van der Waals surface area contributed by atoms with Gasteiger partial charge in [0.15, 0.2) is 0 Å². The van der Waals surface area contributed by atoms with Gasteiger partial charge in [0.05, 0.1) is 18.1 Å². The maximum absolute atomic E-state index is 12.9.